The average Bonchev–Trinajstić information content (AvgIpc) is 2.90. The van der Waals surface area contributed by atoms with Crippen LogP contribution in [-0.4, -0.2) is 74.0 Å². The molecule has 27 heavy (non-hydrogen) atoms. The zero-order valence-electron chi connectivity index (χ0n) is 14.7. The van der Waals surface area contributed by atoms with E-state index in [9.17, 15) is 18.0 Å². The lowest BCUT2D eigenvalue weighted by atomic mass is 10.2. The molecule has 1 heterocycles. The van der Waals surface area contributed by atoms with Crippen molar-refractivity contribution in [1.82, 2.24) is 14.7 Å². The lowest BCUT2D eigenvalue weighted by molar-refractivity contribution is -0.135. The van der Waals surface area contributed by atoms with Crippen molar-refractivity contribution >= 4 is 34.2 Å². The Balaban J connectivity index is 0.00000364. The van der Waals surface area contributed by atoms with E-state index in [1.165, 1.54) is 41.8 Å². The lowest BCUT2D eigenvalue weighted by Gasteiger charge is -2.29. The summed E-state index contributed by atoms with van der Waals surface area (Å²) in [4.78, 5) is 25.3. The van der Waals surface area contributed by atoms with Crippen LogP contribution in [0.2, 0.25) is 0 Å². The van der Waals surface area contributed by atoms with Gasteiger partial charge in [0.1, 0.15) is 11.8 Å². The SMILES string of the molecule is COc1ccc(S(=O)(=O)N2CCCN(C(=O)CN)CC2C(=O)NO)cc1.Cl. The molecule has 152 valence electrons. The van der Waals surface area contributed by atoms with Crippen molar-refractivity contribution in [1.29, 1.82) is 0 Å². The number of rotatable bonds is 5. The third kappa shape index (κ3) is 5.08. The van der Waals surface area contributed by atoms with Gasteiger partial charge in [-0.1, -0.05) is 0 Å². The van der Waals surface area contributed by atoms with E-state index in [2.05, 4.69) is 0 Å². The summed E-state index contributed by atoms with van der Waals surface area (Å²) in [6.45, 7) is -0.169. The van der Waals surface area contributed by atoms with Gasteiger partial charge in [0.05, 0.1) is 18.6 Å². The van der Waals surface area contributed by atoms with Gasteiger partial charge < -0.3 is 15.4 Å². The van der Waals surface area contributed by atoms with Gasteiger partial charge in [0, 0.05) is 19.6 Å². The predicted octanol–water partition coefficient (Wildman–Crippen LogP) is -0.827. The number of nitrogens with zero attached hydrogens (tertiary/aromatic N) is 2. The fraction of sp³-hybridized carbons (Fsp3) is 0.467. The van der Waals surface area contributed by atoms with Gasteiger partial charge >= 0.3 is 0 Å². The van der Waals surface area contributed by atoms with Gasteiger partial charge in [-0.15, -0.1) is 12.4 Å². The molecule has 1 saturated heterocycles. The monoisotopic (exact) mass is 422 g/mol. The minimum Gasteiger partial charge on any atom is -0.497 e. The Labute approximate surface area is 163 Å². The number of benzene rings is 1. The molecule has 1 aliphatic heterocycles. The number of methoxy groups -OCH3 is 1. The second-order valence-electron chi connectivity index (χ2n) is 5.68. The van der Waals surface area contributed by atoms with Crippen LogP contribution in [0.3, 0.4) is 0 Å². The van der Waals surface area contributed by atoms with Crippen LogP contribution >= 0.6 is 12.4 Å². The second-order valence-corrected chi connectivity index (χ2v) is 7.57. The molecule has 1 unspecified atom stereocenters. The van der Waals surface area contributed by atoms with Crippen LogP contribution in [0.5, 0.6) is 5.75 Å². The summed E-state index contributed by atoms with van der Waals surface area (Å²) in [6.07, 6.45) is 0.330. The van der Waals surface area contributed by atoms with Crippen molar-refractivity contribution in [2.75, 3.05) is 33.3 Å². The molecule has 0 spiro atoms. The minimum atomic E-state index is -4.03. The molecule has 1 aliphatic rings. The molecule has 0 aromatic heterocycles. The number of hydrogen-bond donors (Lipinski definition) is 3. The number of hydrogen-bond acceptors (Lipinski definition) is 7. The predicted molar refractivity (Wildman–Crippen MR) is 98.1 cm³/mol. The van der Waals surface area contributed by atoms with Crippen LogP contribution in [-0.2, 0) is 19.6 Å². The van der Waals surface area contributed by atoms with Crippen LogP contribution in [0.1, 0.15) is 6.42 Å². The van der Waals surface area contributed by atoms with E-state index in [1.54, 1.807) is 0 Å². The van der Waals surface area contributed by atoms with Gasteiger partial charge in [-0.25, -0.2) is 13.9 Å². The highest BCUT2D eigenvalue weighted by Crippen LogP contribution is 2.23. The third-order valence-electron chi connectivity index (χ3n) is 4.15. The number of nitrogens with one attached hydrogen (secondary N) is 1. The number of carbonyl (C=O) groups is 2. The molecule has 2 amide bonds. The Kier molecular flexibility index (Phi) is 8.44. The smallest absolute Gasteiger partial charge is 0.263 e. The van der Waals surface area contributed by atoms with Crippen molar-refractivity contribution in [3.05, 3.63) is 24.3 Å². The Bertz CT molecular complexity index is 758. The number of ether oxygens (including phenoxy) is 1. The first kappa shape index (κ1) is 23.1. The molecular weight excluding hydrogens is 400 g/mol. The highest BCUT2D eigenvalue weighted by molar-refractivity contribution is 7.89. The zero-order chi connectivity index (χ0) is 19.3. The van der Waals surface area contributed by atoms with Gasteiger partial charge in [-0.3, -0.25) is 14.8 Å². The molecule has 0 aliphatic carbocycles. The topological polar surface area (TPSA) is 142 Å². The normalized spacial score (nSPS) is 18.2. The van der Waals surface area contributed by atoms with Gasteiger partial charge in [-0.2, -0.15) is 4.31 Å². The number of amides is 2. The van der Waals surface area contributed by atoms with Gasteiger partial charge in [0.25, 0.3) is 5.91 Å². The molecule has 0 radical (unpaired) electrons. The van der Waals surface area contributed by atoms with Gasteiger partial charge in [0.15, 0.2) is 0 Å². The van der Waals surface area contributed by atoms with Crippen molar-refractivity contribution in [2.45, 2.75) is 17.4 Å². The van der Waals surface area contributed by atoms with E-state index < -0.39 is 27.9 Å². The van der Waals surface area contributed by atoms with E-state index in [0.717, 1.165) is 4.31 Å². The zero-order valence-corrected chi connectivity index (χ0v) is 16.3. The number of sulfonamides is 1. The number of hydroxylamine groups is 1. The third-order valence-corrected chi connectivity index (χ3v) is 6.08. The standard InChI is InChI=1S/C15H22N4O6S.ClH/c1-25-11-3-5-12(6-4-11)26(23,24)19-8-2-7-18(14(20)9-16)10-13(19)15(21)17-22;/h3-6,13,22H,2,7-10,16H2,1H3,(H,17,21);1H. The molecule has 10 nitrogen and oxygen atoms in total. The summed E-state index contributed by atoms with van der Waals surface area (Å²) in [6, 6.07) is 4.46. The minimum absolute atomic E-state index is 0. The Morgan fingerprint density at radius 3 is 2.44 bits per heavy atom. The maximum atomic E-state index is 13.0. The van der Waals surface area contributed by atoms with Crippen molar-refractivity contribution in [2.24, 2.45) is 5.73 Å². The first-order chi connectivity index (χ1) is 12.3. The summed E-state index contributed by atoms with van der Waals surface area (Å²) in [5, 5.41) is 9.02. The fourth-order valence-corrected chi connectivity index (χ4v) is 4.40. The first-order valence-corrected chi connectivity index (χ1v) is 9.36. The molecular formula is C15H23ClN4O6S. The highest BCUT2D eigenvalue weighted by atomic mass is 35.5. The molecule has 2 rings (SSSR count). The number of nitrogens with two attached hydrogens (primary N) is 1. The van der Waals surface area contributed by atoms with Gasteiger partial charge in [0.2, 0.25) is 15.9 Å². The first-order valence-electron chi connectivity index (χ1n) is 7.92. The largest absolute Gasteiger partial charge is 0.497 e. The van der Waals surface area contributed by atoms with E-state index in [-0.39, 0.29) is 43.5 Å². The van der Waals surface area contributed by atoms with Crippen LogP contribution < -0.4 is 16.0 Å². The van der Waals surface area contributed by atoms with Crippen LogP contribution in [0.4, 0.5) is 0 Å². The quantitative estimate of drug-likeness (QED) is 0.415. The molecule has 1 aromatic carbocycles. The Morgan fingerprint density at radius 1 is 1.30 bits per heavy atom. The summed E-state index contributed by atoms with van der Waals surface area (Å²) in [5.41, 5.74) is 6.84. The average molecular weight is 423 g/mol. The van der Waals surface area contributed by atoms with Crippen molar-refractivity contribution in [3.8, 4) is 5.75 Å². The van der Waals surface area contributed by atoms with E-state index in [0.29, 0.717) is 12.2 Å². The molecule has 1 atom stereocenters. The molecule has 12 heteroatoms. The maximum Gasteiger partial charge on any atom is 0.263 e. The number of halogens is 1. The second kappa shape index (κ2) is 9.85. The van der Waals surface area contributed by atoms with Crippen molar-refractivity contribution < 1.29 is 28.0 Å². The Hall–Kier alpha value is -1.92. The van der Waals surface area contributed by atoms with Crippen LogP contribution in [0.25, 0.3) is 0 Å². The van der Waals surface area contributed by atoms with Crippen LogP contribution in [0.15, 0.2) is 29.2 Å². The maximum absolute atomic E-state index is 13.0. The fourth-order valence-electron chi connectivity index (χ4n) is 2.78. The summed E-state index contributed by atoms with van der Waals surface area (Å²) >= 11 is 0. The molecule has 1 fully saturated rings. The van der Waals surface area contributed by atoms with Crippen molar-refractivity contribution in [3.63, 3.8) is 0 Å². The number of carbonyl (C=O) groups excluding carboxylic acids is 2. The highest BCUT2D eigenvalue weighted by Gasteiger charge is 2.39. The van der Waals surface area contributed by atoms with E-state index in [4.69, 9.17) is 15.7 Å². The molecule has 1 aromatic rings. The summed E-state index contributed by atoms with van der Waals surface area (Å²) in [5.74, 6) is -0.826. The Morgan fingerprint density at radius 2 is 1.93 bits per heavy atom. The van der Waals surface area contributed by atoms with E-state index in [1.807, 2.05) is 0 Å². The molecule has 0 saturated carbocycles. The summed E-state index contributed by atoms with van der Waals surface area (Å²) < 4.78 is 32.0. The lowest BCUT2D eigenvalue weighted by Crippen LogP contribution is -2.53. The summed E-state index contributed by atoms with van der Waals surface area (Å²) in [7, 11) is -2.57. The molecule has 0 bridgehead atoms. The molecule has 4 N–H and O–H groups in total. The van der Waals surface area contributed by atoms with Crippen LogP contribution in [0, 0.1) is 0 Å². The van der Waals surface area contributed by atoms with Gasteiger partial charge in [-0.05, 0) is 30.7 Å². The van der Waals surface area contributed by atoms with E-state index >= 15 is 0 Å².